The number of rotatable bonds is 8. The van der Waals surface area contributed by atoms with Crippen molar-refractivity contribution < 1.29 is 9.13 Å². The quantitative estimate of drug-likeness (QED) is 0.349. The highest BCUT2D eigenvalue weighted by atomic mass is 19.1. The lowest BCUT2D eigenvalue weighted by molar-refractivity contribution is 0.302. The zero-order chi connectivity index (χ0) is 19.9. The van der Waals surface area contributed by atoms with E-state index in [1.807, 2.05) is 6.07 Å². The highest BCUT2D eigenvalue weighted by Gasteiger charge is 2.10. The van der Waals surface area contributed by atoms with Gasteiger partial charge in [0.2, 0.25) is 0 Å². The van der Waals surface area contributed by atoms with Crippen LogP contribution in [0.1, 0.15) is 43.2 Å². The van der Waals surface area contributed by atoms with E-state index in [9.17, 15) is 4.39 Å². The van der Waals surface area contributed by atoms with Gasteiger partial charge in [-0.25, -0.2) is 4.39 Å². The molecule has 4 rings (SSSR count). The number of hydrogen-bond acceptors (Lipinski definition) is 2. The van der Waals surface area contributed by atoms with Crippen LogP contribution in [0.25, 0.3) is 10.8 Å². The predicted molar refractivity (Wildman–Crippen MR) is 118 cm³/mol. The fourth-order valence-electron chi connectivity index (χ4n) is 3.97. The molecule has 3 heteroatoms. The van der Waals surface area contributed by atoms with Crippen LogP contribution in [0.5, 0.6) is 5.75 Å². The zero-order valence-corrected chi connectivity index (χ0v) is 16.8. The summed E-state index contributed by atoms with van der Waals surface area (Å²) in [4.78, 5) is 0. The van der Waals surface area contributed by atoms with E-state index in [1.165, 1.54) is 54.2 Å². The summed E-state index contributed by atoms with van der Waals surface area (Å²) in [5.74, 6) is 0.662. The molecule has 0 aliphatic heterocycles. The molecule has 3 aromatic rings. The summed E-state index contributed by atoms with van der Waals surface area (Å²) in [6, 6.07) is 19.1. The average molecular weight is 390 g/mol. The maximum absolute atomic E-state index is 13.1. The molecule has 1 aliphatic rings. The lowest BCUT2D eigenvalue weighted by atomic mass is 9.97. The number of allylic oxidation sites excluding steroid dienone is 1. The molecule has 0 heterocycles. The molecule has 0 aromatic heterocycles. The van der Waals surface area contributed by atoms with Gasteiger partial charge in [0.05, 0.1) is 0 Å². The number of halogens is 1. The molecule has 1 aliphatic carbocycles. The minimum Gasteiger partial charge on any atom is -0.489 e. The molecule has 0 unspecified atom stereocenters. The van der Waals surface area contributed by atoms with Gasteiger partial charge < -0.3 is 10.1 Å². The van der Waals surface area contributed by atoms with E-state index >= 15 is 0 Å². The van der Waals surface area contributed by atoms with E-state index in [1.54, 1.807) is 17.7 Å². The van der Waals surface area contributed by atoms with Crippen molar-refractivity contribution in [1.82, 2.24) is 5.32 Å². The first-order chi connectivity index (χ1) is 14.3. The van der Waals surface area contributed by atoms with Crippen molar-refractivity contribution in [2.75, 3.05) is 6.54 Å². The molecule has 0 atom stereocenters. The van der Waals surface area contributed by atoms with Crippen molar-refractivity contribution in [2.45, 2.75) is 45.3 Å². The third-order valence-corrected chi connectivity index (χ3v) is 5.61. The summed E-state index contributed by atoms with van der Waals surface area (Å²) in [6.45, 7) is 2.18. The molecule has 1 N–H and O–H groups in total. The Kier molecular flexibility index (Phi) is 6.58. The molecular weight excluding hydrogens is 361 g/mol. The molecule has 0 amide bonds. The zero-order valence-electron chi connectivity index (χ0n) is 16.8. The van der Waals surface area contributed by atoms with Crippen LogP contribution in [0.3, 0.4) is 0 Å². The second-order valence-corrected chi connectivity index (χ2v) is 7.71. The summed E-state index contributed by atoms with van der Waals surface area (Å²) >= 11 is 0. The van der Waals surface area contributed by atoms with E-state index in [2.05, 4.69) is 41.7 Å². The van der Waals surface area contributed by atoms with Crippen molar-refractivity contribution in [1.29, 1.82) is 0 Å². The van der Waals surface area contributed by atoms with E-state index in [0.29, 0.717) is 6.61 Å². The fourth-order valence-corrected chi connectivity index (χ4v) is 3.97. The Labute approximate surface area is 172 Å². The van der Waals surface area contributed by atoms with Gasteiger partial charge >= 0.3 is 0 Å². The second kappa shape index (κ2) is 9.71. The third-order valence-electron chi connectivity index (χ3n) is 5.61. The molecule has 0 saturated heterocycles. The Bertz CT molecular complexity index is 978. The highest BCUT2D eigenvalue weighted by molar-refractivity contribution is 5.87. The maximum atomic E-state index is 13.1. The van der Waals surface area contributed by atoms with E-state index in [-0.39, 0.29) is 5.82 Å². The summed E-state index contributed by atoms with van der Waals surface area (Å²) < 4.78 is 19.3. The Hall–Kier alpha value is -2.65. The minimum atomic E-state index is -0.225. The second-order valence-electron chi connectivity index (χ2n) is 7.71. The topological polar surface area (TPSA) is 21.3 Å². The van der Waals surface area contributed by atoms with Gasteiger partial charge in [-0.15, -0.1) is 0 Å². The normalized spacial score (nSPS) is 14.0. The van der Waals surface area contributed by atoms with E-state index < -0.39 is 0 Å². The Balaban J connectivity index is 1.46. The Morgan fingerprint density at radius 2 is 1.79 bits per heavy atom. The van der Waals surface area contributed by atoms with Crippen LogP contribution in [0.15, 0.2) is 72.3 Å². The van der Waals surface area contributed by atoms with Gasteiger partial charge in [-0.2, -0.15) is 0 Å². The summed E-state index contributed by atoms with van der Waals surface area (Å²) in [5.41, 5.74) is 3.74. The first kappa shape index (κ1) is 19.7. The molecular formula is C26H28FNO. The number of hydrogen-bond donors (Lipinski definition) is 1. The summed E-state index contributed by atoms with van der Waals surface area (Å²) in [6.07, 6.45) is 8.69. The lowest BCUT2D eigenvalue weighted by Crippen LogP contribution is -2.16. The SMILES string of the molecule is Fc1ccc(COc2ccc3ccccc3c2CNCCC2=CCCCC2)cc1. The fraction of sp³-hybridized carbons (Fsp3) is 0.308. The molecule has 0 bridgehead atoms. The molecule has 0 fully saturated rings. The van der Waals surface area contributed by atoms with Crippen molar-refractivity contribution in [2.24, 2.45) is 0 Å². The smallest absolute Gasteiger partial charge is 0.124 e. The van der Waals surface area contributed by atoms with E-state index in [0.717, 1.165) is 30.8 Å². The minimum absolute atomic E-state index is 0.225. The van der Waals surface area contributed by atoms with Gasteiger partial charge in [-0.3, -0.25) is 0 Å². The third kappa shape index (κ3) is 5.24. The molecule has 29 heavy (non-hydrogen) atoms. The molecule has 3 aromatic carbocycles. The van der Waals surface area contributed by atoms with Gasteiger partial charge in [-0.05, 0) is 73.2 Å². The average Bonchev–Trinajstić information content (AvgIpc) is 2.77. The predicted octanol–water partition coefficient (Wildman–Crippen LogP) is 6.54. The largest absolute Gasteiger partial charge is 0.489 e. The molecule has 150 valence electrons. The molecule has 2 nitrogen and oxygen atoms in total. The Morgan fingerprint density at radius 1 is 0.931 bits per heavy atom. The van der Waals surface area contributed by atoms with Crippen LogP contribution in [0, 0.1) is 5.82 Å². The summed E-state index contributed by atoms with van der Waals surface area (Å²) in [7, 11) is 0. The standard InChI is InChI=1S/C26H28FNO/c27-23-13-10-21(11-14-23)19-29-26-15-12-22-8-4-5-9-24(22)25(26)18-28-17-16-20-6-2-1-3-7-20/h4-6,8-15,28H,1-3,7,16-19H2. The lowest BCUT2D eigenvalue weighted by Gasteiger charge is -2.16. The first-order valence-corrected chi connectivity index (χ1v) is 10.6. The van der Waals surface area contributed by atoms with Gasteiger partial charge in [0.25, 0.3) is 0 Å². The number of benzene rings is 3. The van der Waals surface area contributed by atoms with Crippen LogP contribution in [-0.4, -0.2) is 6.54 Å². The van der Waals surface area contributed by atoms with Crippen LogP contribution in [0.2, 0.25) is 0 Å². The maximum Gasteiger partial charge on any atom is 0.124 e. The van der Waals surface area contributed by atoms with Crippen molar-refractivity contribution in [3.05, 3.63) is 89.3 Å². The van der Waals surface area contributed by atoms with E-state index in [4.69, 9.17) is 4.74 Å². The number of nitrogens with one attached hydrogen (secondary N) is 1. The van der Waals surface area contributed by atoms with Gasteiger partial charge in [-0.1, -0.05) is 54.1 Å². The number of ether oxygens (including phenoxy) is 1. The number of fused-ring (bicyclic) bond motifs is 1. The van der Waals surface area contributed by atoms with Crippen LogP contribution < -0.4 is 10.1 Å². The van der Waals surface area contributed by atoms with Crippen LogP contribution in [-0.2, 0) is 13.2 Å². The molecule has 0 saturated carbocycles. The molecule has 0 radical (unpaired) electrons. The highest BCUT2D eigenvalue weighted by Crippen LogP contribution is 2.29. The van der Waals surface area contributed by atoms with Crippen molar-refractivity contribution in [3.63, 3.8) is 0 Å². The van der Waals surface area contributed by atoms with Crippen LogP contribution >= 0.6 is 0 Å². The van der Waals surface area contributed by atoms with Gasteiger partial charge in [0, 0.05) is 12.1 Å². The van der Waals surface area contributed by atoms with Gasteiger partial charge in [0.1, 0.15) is 18.2 Å². The van der Waals surface area contributed by atoms with Crippen LogP contribution in [0.4, 0.5) is 4.39 Å². The Morgan fingerprint density at radius 3 is 2.62 bits per heavy atom. The summed E-state index contributed by atoms with van der Waals surface area (Å²) in [5, 5.41) is 6.05. The van der Waals surface area contributed by atoms with Crippen molar-refractivity contribution >= 4 is 10.8 Å². The van der Waals surface area contributed by atoms with Gasteiger partial charge in [0.15, 0.2) is 0 Å². The first-order valence-electron chi connectivity index (χ1n) is 10.6. The monoisotopic (exact) mass is 389 g/mol. The van der Waals surface area contributed by atoms with Crippen molar-refractivity contribution in [3.8, 4) is 5.75 Å². The molecule has 0 spiro atoms.